The SMILES string of the molecule is O=C(COC(=O)[C@@H](O)c1ccccc1)N[C@H](c1ccc(F)cc1)c1cccs1. The van der Waals surface area contributed by atoms with Crippen LogP contribution in [0.5, 0.6) is 0 Å². The van der Waals surface area contributed by atoms with Crippen molar-refractivity contribution in [1.29, 1.82) is 0 Å². The molecule has 0 radical (unpaired) electrons. The summed E-state index contributed by atoms with van der Waals surface area (Å²) in [4.78, 5) is 25.1. The first-order valence-corrected chi connectivity index (χ1v) is 9.40. The van der Waals surface area contributed by atoms with E-state index in [9.17, 15) is 19.1 Å². The summed E-state index contributed by atoms with van der Waals surface area (Å²) in [6.07, 6.45) is -1.46. The van der Waals surface area contributed by atoms with Crippen LogP contribution in [-0.2, 0) is 14.3 Å². The number of aliphatic hydroxyl groups excluding tert-OH is 1. The predicted molar refractivity (Wildman–Crippen MR) is 103 cm³/mol. The number of nitrogens with one attached hydrogen (secondary N) is 1. The quantitative estimate of drug-likeness (QED) is 0.598. The number of rotatable bonds is 7. The second-order valence-electron chi connectivity index (χ2n) is 5.99. The maximum absolute atomic E-state index is 13.2. The smallest absolute Gasteiger partial charge is 0.340 e. The zero-order valence-electron chi connectivity index (χ0n) is 14.7. The minimum absolute atomic E-state index is 0.371. The topological polar surface area (TPSA) is 75.6 Å². The second kappa shape index (κ2) is 9.25. The monoisotopic (exact) mass is 399 g/mol. The first kappa shape index (κ1) is 19.7. The van der Waals surface area contributed by atoms with Crippen molar-refractivity contribution in [3.63, 3.8) is 0 Å². The molecule has 2 aromatic carbocycles. The van der Waals surface area contributed by atoms with Gasteiger partial charge in [-0.15, -0.1) is 11.3 Å². The lowest BCUT2D eigenvalue weighted by Gasteiger charge is -2.18. The molecule has 1 aromatic heterocycles. The van der Waals surface area contributed by atoms with E-state index in [1.165, 1.54) is 23.5 Å². The average molecular weight is 399 g/mol. The third-order valence-corrected chi connectivity index (χ3v) is 4.96. The van der Waals surface area contributed by atoms with Crippen molar-refractivity contribution in [3.8, 4) is 0 Å². The fourth-order valence-corrected chi connectivity index (χ4v) is 3.42. The summed E-state index contributed by atoms with van der Waals surface area (Å²) in [6, 6.07) is 17.3. The number of aliphatic hydroxyl groups is 1. The number of esters is 1. The summed E-state index contributed by atoms with van der Waals surface area (Å²) >= 11 is 1.44. The van der Waals surface area contributed by atoms with Gasteiger partial charge < -0.3 is 15.2 Å². The molecule has 0 aliphatic rings. The van der Waals surface area contributed by atoms with Crippen molar-refractivity contribution in [2.75, 3.05) is 6.61 Å². The number of carbonyl (C=O) groups is 2. The van der Waals surface area contributed by atoms with Crippen LogP contribution in [0.1, 0.15) is 28.1 Å². The van der Waals surface area contributed by atoms with Gasteiger partial charge in [0.25, 0.3) is 5.91 Å². The van der Waals surface area contributed by atoms with Gasteiger partial charge in [0.15, 0.2) is 12.7 Å². The third kappa shape index (κ3) is 5.03. The van der Waals surface area contributed by atoms with Crippen molar-refractivity contribution in [3.05, 3.63) is 93.9 Å². The normalized spacial score (nSPS) is 12.8. The van der Waals surface area contributed by atoms with Gasteiger partial charge in [-0.25, -0.2) is 9.18 Å². The van der Waals surface area contributed by atoms with E-state index in [4.69, 9.17) is 4.74 Å². The number of hydrogen-bond acceptors (Lipinski definition) is 5. The second-order valence-corrected chi connectivity index (χ2v) is 6.97. The Balaban J connectivity index is 1.62. The van der Waals surface area contributed by atoms with Crippen LogP contribution in [-0.4, -0.2) is 23.6 Å². The highest BCUT2D eigenvalue weighted by Crippen LogP contribution is 2.26. The van der Waals surface area contributed by atoms with Crippen molar-refractivity contribution >= 4 is 23.2 Å². The number of hydrogen-bond donors (Lipinski definition) is 2. The Morgan fingerprint density at radius 3 is 2.36 bits per heavy atom. The van der Waals surface area contributed by atoms with Crippen LogP contribution in [0, 0.1) is 5.82 Å². The van der Waals surface area contributed by atoms with Gasteiger partial charge in [-0.05, 0) is 34.7 Å². The zero-order chi connectivity index (χ0) is 19.9. The largest absolute Gasteiger partial charge is 0.453 e. The summed E-state index contributed by atoms with van der Waals surface area (Å²) < 4.78 is 18.2. The third-order valence-electron chi connectivity index (χ3n) is 4.02. The average Bonchev–Trinajstić information content (AvgIpc) is 3.25. The van der Waals surface area contributed by atoms with E-state index in [0.29, 0.717) is 11.1 Å². The summed E-state index contributed by atoms with van der Waals surface area (Å²) in [7, 11) is 0. The highest BCUT2D eigenvalue weighted by atomic mass is 32.1. The van der Waals surface area contributed by atoms with Crippen LogP contribution >= 0.6 is 11.3 Å². The van der Waals surface area contributed by atoms with Crippen LogP contribution < -0.4 is 5.32 Å². The van der Waals surface area contributed by atoms with Gasteiger partial charge in [-0.2, -0.15) is 0 Å². The molecule has 5 nitrogen and oxygen atoms in total. The number of ether oxygens (including phenoxy) is 1. The molecule has 0 saturated carbocycles. The van der Waals surface area contributed by atoms with Crippen LogP contribution in [0.2, 0.25) is 0 Å². The Labute approximate surface area is 165 Å². The van der Waals surface area contributed by atoms with E-state index in [0.717, 1.165) is 4.88 Å². The van der Waals surface area contributed by atoms with Gasteiger partial charge in [-0.1, -0.05) is 48.5 Å². The lowest BCUT2D eigenvalue weighted by molar-refractivity contribution is -0.157. The van der Waals surface area contributed by atoms with Gasteiger partial charge in [0.05, 0.1) is 6.04 Å². The fraction of sp³-hybridized carbons (Fsp3) is 0.143. The van der Waals surface area contributed by atoms with Crippen molar-refractivity contribution < 1.29 is 23.8 Å². The van der Waals surface area contributed by atoms with Gasteiger partial charge in [0, 0.05) is 4.88 Å². The molecule has 2 atom stereocenters. The number of benzene rings is 2. The minimum Gasteiger partial charge on any atom is -0.453 e. The van der Waals surface area contributed by atoms with Crippen LogP contribution in [0.15, 0.2) is 72.1 Å². The first-order chi connectivity index (χ1) is 13.5. The Kier molecular flexibility index (Phi) is 6.52. The molecular formula is C21H18FNO4S. The van der Waals surface area contributed by atoms with E-state index in [2.05, 4.69) is 5.32 Å². The highest BCUT2D eigenvalue weighted by Gasteiger charge is 2.22. The molecule has 2 N–H and O–H groups in total. The molecule has 3 rings (SSSR count). The standard InChI is InChI=1S/C21H18FNO4S/c22-16-10-8-14(9-11-16)19(17-7-4-12-28-17)23-18(24)13-27-21(26)20(25)15-5-2-1-3-6-15/h1-12,19-20,25H,13H2,(H,23,24)/t19-,20+/m1/s1. The van der Waals surface area contributed by atoms with Crippen LogP contribution in [0.4, 0.5) is 4.39 Å². The van der Waals surface area contributed by atoms with Crippen molar-refractivity contribution in [2.45, 2.75) is 12.1 Å². The Bertz CT molecular complexity index is 913. The van der Waals surface area contributed by atoms with Crippen LogP contribution in [0.3, 0.4) is 0 Å². The van der Waals surface area contributed by atoms with Gasteiger partial charge in [-0.3, -0.25) is 4.79 Å². The molecule has 0 saturated heterocycles. The van der Waals surface area contributed by atoms with Crippen LogP contribution in [0.25, 0.3) is 0 Å². The Hall–Kier alpha value is -3.03. The molecule has 0 unspecified atom stereocenters. The minimum atomic E-state index is -1.46. The van der Waals surface area contributed by atoms with Gasteiger partial charge >= 0.3 is 5.97 Å². The predicted octanol–water partition coefficient (Wildman–Crippen LogP) is 3.37. The summed E-state index contributed by atoms with van der Waals surface area (Å²) in [5.41, 5.74) is 1.09. The molecule has 0 aliphatic carbocycles. The summed E-state index contributed by atoms with van der Waals surface area (Å²) in [5, 5.41) is 14.6. The Morgan fingerprint density at radius 1 is 1.00 bits per heavy atom. The van der Waals surface area contributed by atoms with Crippen molar-refractivity contribution in [2.24, 2.45) is 0 Å². The summed E-state index contributed by atoms with van der Waals surface area (Å²) in [6.45, 7) is -0.536. The molecular weight excluding hydrogens is 381 g/mol. The molecule has 144 valence electrons. The number of amides is 1. The number of carbonyl (C=O) groups excluding carboxylic acids is 2. The van der Waals surface area contributed by atoms with Gasteiger partial charge in [0.1, 0.15) is 5.82 Å². The molecule has 0 fully saturated rings. The molecule has 7 heteroatoms. The molecule has 28 heavy (non-hydrogen) atoms. The fourth-order valence-electron chi connectivity index (χ4n) is 2.62. The number of halogens is 1. The Morgan fingerprint density at radius 2 is 1.71 bits per heavy atom. The molecule has 3 aromatic rings. The van der Waals surface area contributed by atoms with Gasteiger partial charge in [0.2, 0.25) is 0 Å². The van der Waals surface area contributed by atoms with E-state index in [1.807, 2.05) is 17.5 Å². The maximum Gasteiger partial charge on any atom is 0.340 e. The highest BCUT2D eigenvalue weighted by molar-refractivity contribution is 7.10. The van der Waals surface area contributed by atoms with E-state index >= 15 is 0 Å². The molecule has 1 heterocycles. The molecule has 0 spiro atoms. The maximum atomic E-state index is 13.2. The molecule has 0 bridgehead atoms. The van der Waals surface area contributed by atoms with E-state index in [-0.39, 0.29) is 5.82 Å². The lowest BCUT2D eigenvalue weighted by Crippen LogP contribution is -2.33. The number of thiophene rings is 1. The molecule has 1 amide bonds. The summed E-state index contributed by atoms with van der Waals surface area (Å²) in [5.74, 6) is -1.81. The first-order valence-electron chi connectivity index (χ1n) is 8.52. The zero-order valence-corrected chi connectivity index (χ0v) is 15.6. The van der Waals surface area contributed by atoms with E-state index < -0.39 is 30.6 Å². The van der Waals surface area contributed by atoms with E-state index in [1.54, 1.807) is 42.5 Å². The molecule has 0 aliphatic heterocycles. The van der Waals surface area contributed by atoms with Crippen molar-refractivity contribution in [1.82, 2.24) is 5.32 Å². The lowest BCUT2D eigenvalue weighted by atomic mass is 10.1.